The number of ether oxygens (including phenoxy) is 2. The lowest BCUT2D eigenvalue weighted by Crippen LogP contribution is -2.42. The van der Waals surface area contributed by atoms with Crippen molar-refractivity contribution in [3.8, 4) is 11.5 Å². The van der Waals surface area contributed by atoms with Crippen molar-refractivity contribution in [3.05, 3.63) is 18.2 Å². The van der Waals surface area contributed by atoms with Crippen molar-refractivity contribution in [1.82, 2.24) is 4.90 Å². The molecule has 4 rings (SSSR count). The Hall–Kier alpha value is -2.38. The van der Waals surface area contributed by atoms with Crippen molar-refractivity contribution in [2.24, 2.45) is 17.3 Å². The lowest BCUT2D eigenvalue weighted by molar-refractivity contribution is -0.137. The fourth-order valence-electron chi connectivity index (χ4n) is 4.58. The van der Waals surface area contributed by atoms with Crippen LogP contribution >= 0.6 is 0 Å². The van der Waals surface area contributed by atoms with Gasteiger partial charge >= 0.3 is 0 Å². The molecule has 8 heteroatoms. The van der Waals surface area contributed by atoms with Crippen molar-refractivity contribution in [1.29, 1.82) is 0 Å². The molecule has 1 aromatic rings. The van der Waals surface area contributed by atoms with Gasteiger partial charge in [0.15, 0.2) is 11.5 Å². The molecule has 1 aromatic carbocycles. The van der Waals surface area contributed by atoms with Crippen LogP contribution in [0.1, 0.15) is 19.8 Å². The predicted molar refractivity (Wildman–Crippen MR) is 97.7 cm³/mol. The standard InChI is InChI=1S/C20H24F2N2O4/c1-19-6-7-23(11-16(19)20(19,21)22)18(26)12-8-17(25)24(10-12)13-4-5-14(27-2)15(9-13)28-3/h4-5,9,12,16H,6-8,10-11H2,1-3H3. The molecule has 1 saturated carbocycles. The number of fused-ring (bicyclic) bond motifs is 1. The first-order chi connectivity index (χ1) is 13.2. The third kappa shape index (κ3) is 2.64. The normalized spacial score (nSPS) is 30.8. The molecule has 3 atom stereocenters. The smallest absolute Gasteiger partial charge is 0.259 e. The van der Waals surface area contributed by atoms with E-state index in [9.17, 15) is 18.4 Å². The minimum atomic E-state index is -2.70. The van der Waals surface area contributed by atoms with E-state index in [2.05, 4.69) is 0 Å². The van der Waals surface area contributed by atoms with Crippen LogP contribution in [-0.4, -0.2) is 56.5 Å². The summed E-state index contributed by atoms with van der Waals surface area (Å²) in [5.41, 5.74) is -0.348. The third-order valence-corrected chi connectivity index (χ3v) is 6.65. The predicted octanol–water partition coefficient (Wildman–Crippen LogP) is 2.56. The molecule has 0 N–H and O–H groups in total. The largest absolute Gasteiger partial charge is 0.493 e. The summed E-state index contributed by atoms with van der Waals surface area (Å²) >= 11 is 0. The quantitative estimate of drug-likeness (QED) is 0.788. The van der Waals surface area contributed by atoms with Crippen LogP contribution in [0.15, 0.2) is 18.2 Å². The summed E-state index contributed by atoms with van der Waals surface area (Å²) in [6.07, 6.45) is 0.387. The summed E-state index contributed by atoms with van der Waals surface area (Å²) in [6, 6.07) is 5.14. The first-order valence-corrected chi connectivity index (χ1v) is 9.42. The minimum Gasteiger partial charge on any atom is -0.493 e. The lowest BCUT2D eigenvalue weighted by atomic mass is 9.96. The second-order valence-corrected chi connectivity index (χ2v) is 8.07. The molecule has 152 valence electrons. The number of amides is 2. The highest BCUT2D eigenvalue weighted by atomic mass is 19.3. The molecule has 0 radical (unpaired) electrons. The molecule has 28 heavy (non-hydrogen) atoms. The maximum Gasteiger partial charge on any atom is 0.259 e. The summed E-state index contributed by atoms with van der Waals surface area (Å²) in [4.78, 5) is 28.5. The van der Waals surface area contributed by atoms with Crippen LogP contribution in [0.4, 0.5) is 14.5 Å². The minimum absolute atomic E-state index is 0.0728. The molecule has 2 heterocycles. The topological polar surface area (TPSA) is 59.1 Å². The van der Waals surface area contributed by atoms with Crippen molar-refractivity contribution in [2.45, 2.75) is 25.7 Å². The fourth-order valence-corrected chi connectivity index (χ4v) is 4.58. The molecule has 2 amide bonds. The second-order valence-electron chi connectivity index (χ2n) is 8.07. The summed E-state index contributed by atoms with van der Waals surface area (Å²) in [7, 11) is 3.04. The van der Waals surface area contributed by atoms with Gasteiger partial charge in [0.25, 0.3) is 5.92 Å². The highest BCUT2D eigenvalue weighted by Gasteiger charge is 2.78. The van der Waals surface area contributed by atoms with Gasteiger partial charge in [-0.1, -0.05) is 6.92 Å². The fraction of sp³-hybridized carbons (Fsp3) is 0.600. The molecule has 0 aromatic heterocycles. The van der Waals surface area contributed by atoms with E-state index >= 15 is 0 Å². The molecular formula is C20H24F2N2O4. The Morgan fingerprint density at radius 1 is 1.18 bits per heavy atom. The van der Waals surface area contributed by atoms with Crippen LogP contribution < -0.4 is 14.4 Å². The molecule has 3 fully saturated rings. The zero-order valence-corrected chi connectivity index (χ0v) is 16.2. The first kappa shape index (κ1) is 19.0. The van der Waals surface area contributed by atoms with Gasteiger partial charge in [0.05, 0.1) is 26.1 Å². The number of piperidine rings is 1. The average molecular weight is 394 g/mol. The number of anilines is 1. The lowest BCUT2D eigenvalue weighted by Gasteiger charge is -2.30. The van der Waals surface area contributed by atoms with Crippen LogP contribution in [0.25, 0.3) is 0 Å². The van der Waals surface area contributed by atoms with Crippen molar-refractivity contribution < 1.29 is 27.8 Å². The number of alkyl halides is 2. The maximum absolute atomic E-state index is 14.0. The third-order valence-electron chi connectivity index (χ3n) is 6.65. The highest BCUT2D eigenvalue weighted by Crippen LogP contribution is 2.69. The Labute approximate surface area is 162 Å². The summed E-state index contributed by atoms with van der Waals surface area (Å²) in [6.45, 7) is 2.23. The van der Waals surface area contributed by atoms with E-state index in [0.717, 1.165) is 0 Å². The Kier molecular flexibility index (Phi) is 4.28. The molecule has 1 aliphatic carbocycles. The van der Waals surface area contributed by atoms with Gasteiger partial charge in [0.2, 0.25) is 11.8 Å². The van der Waals surface area contributed by atoms with E-state index in [-0.39, 0.29) is 31.3 Å². The molecule has 3 unspecified atom stereocenters. The number of rotatable bonds is 4. The Morgan fingerprint density at radius 2 is 1.89 bits per heavy atom. The maximum atomic E-state index is 14.0. The molecule has 3 aliphatic rings. The number of hydrogen-bond donors (Lipinski definition) is 0. The van der Waals surface area contributed by atoms with Gasteiger partial charge in [-0.25, -0.2) is 8.78 Å². The number of nitrogens with zero attached hydrogens (tertiary/aromatic N) is 2. The van der Waals surface area contributed by atoms with Crippen LogP contribution in [0.5, 0.6) is 11.5 Å². The second kappa shape index (κ2) is 6.32. The van der Waals surface area contributed by atoms with E-state index in [1.165, 1.54) is 19.1 Å². The average Bonchev–Trinajstić information content (AvgIpc) is 2.94. The molecule has 2 saturated heterocycles. The van der Waals surface area contributed by atoms with E-state index < -0.39 is 23.2 Å². The number of hydrogen-bond acceptors (Lipinski definition) is 4. The Bertz CT molecular complexity index is 830. The van der Waals surface area contributed by atoms with E-state index in [1.54, 1.807) is 30.0 Å². The highest BCUT2D eigenvalue weighted by molar-refractivity contribution is 6.00. The van der Waals surface area contributed by atoms with Crippen LogP contribution in [0.3, 0.4) is 0 Å². The zero-order chi connectivity index (χ0) is 20.3. The van der Waals surface area contributed by atoms with Crippen molar-refractivity contribution in [2.75, 3.05) is 38.8 Å². The molecule has 6 nitrogen and oxygen atoms in total. The molecule has 0 spiro atoms. The Balaban J connectivity index is 1.46. The van der Waals surface area contributed by atoms with Crippen LogP contribution in [0, 0.1) is 17.3 Å². The molecular weight excluding hydrogens is 370 g/mol. The zero-order valence-electron chi connectivity index (χ0n) is 16.2. The number of halogens is 2. The number of carbonyl (C=O) groups is 2. The van der Waals surface area contributed by atoms with Gasteiger partial charge in [-0.05, 0) is 18.6 Å². The number of methoxy groups -OCH3 is 2. The van der Waals surface area contributed by atoms with Gasteiger partial charge in [0, 0.05) is 43.2 Å². The number of benzene rings is 1. The number of likely N-dealkylation sites (tertiary alicyclic amines) is 1. The van der Waals surface area contributed by atoms with E-state index in [4.69, 9.17) is 9.47 Å². The molecule has 2 aliphatic heterocycles. The number of carbonyl (C=O) groups excluding carboxylic acids is 2. The van der Waals surface area contributed by atoms with E-state index in [0.29, 0.717) is 30.2 Å². The monoisotopic (exact) mass is 394 g/mol. The first-order valence-electron chi connectivity index (χ1n) is 9.42. The van der Waals surface area contributed by atoms with Crippen LogP contribution in [0.2, 0.25) is 0 Å². The van der Waals surface area contributed by atoms with Gasteiger partial charge in [-0.15, -0.1) is 0 Å². The van der Waals surface area contributed by atoms with Gasteiger partial charge < -0.3 is 19.3 Å². The van der Waals surface area contributed by atoms with Crippen LogP contribution in [-0.2, 0) is 9.59 Å². The van der Waals surface area contributed by atoms with Crippen molar-refractivity contribution in [3.63, 3.8) is 0 Å². The Morgan fingerprint density at radius 3 is 2.54 bits per heavy atom. The van der Waals surface area contributed by atoms with Gasteiger partial charge in [-0.3, -0.25) is 9.59 Å². The summed E-state index contributed by atoms with van der Waals surface area (Å²) in [5, 5.41) is 0. The van der Waals surface area contributed by atoms with Gasteiger partial charge in [0.1, 0.15) is 0 Å². The SMILES string of the molecule is COc1ccc(N2CC(C(=O)N3CCC4(C)C(C3)C4(F)F)CC2=O)cc1OC. The molecule has 0 bridgehead atoms. The summed E-state index contributed by atoms with van der Waals surface area (Å²) < 4.78 is 38.4. The summed E-state index contributed by atoms with van der Waals surface area (Å²) in [5.74, 6) is -3.31. The van der Waals surface area contributed by atoms with E-state index in [1.807, 2.05) is 0 Å². The van der Waals surface area contributed by atoms with Gasteiger partial charge in [-0.2, -0.15) is 0 Å². The van der Waals surface area contributed by atoms with Crippen molar-refractivity contribution >= 4 is 17.5 Å².